The molecule has 0 amide bonds. The summed E-state index contributed by atoms with van der Waals surface area (Å²) in [5.41, 5.74) is 4.66. The van der Waals surface area contributed by atoms with Crippen LogP contribution in [0.15, 0.2) is 28.7 Å². The normalized spacial score (nSPS) is 10.3. The molecule has 0 fully saturated rings. The third kappa shape index (κ3) is 3.21. The maximum atomic E-state index is 5.44. The third-order valence-electron chi connectivity index (χ3n) is 2.80. The molecule has 2 rings (SSSR count). The fourth-order valence-electron chi connectivity index (χ4n) is 1.76. The summed E-state index contributed by atoms with van der Waals surface area (Å²) in [7, 11) is 0. The van der Waals surface area contributed by atoms with Gasteiger partial charge in [-0.3, -0.25) is 0 Å². The van der Waals surface area contributed by atoms with E-state index in [0.717, 1.165) is 15.9 Å². The summed E-state index contributed by atoms with van der Waals surface area (Å²) in [5.74, 6) is 7.55. The lowest BCUT2D eigenvalue weighted by Gasteiger charge is -2.13. The summed E-state index contributed by atoms with van der Waals surface area (Å²) in [4.78, 5) is 8.62. The molecule has 19 heavy (non-hydrogen) atoms. The first-order chi connectivity index (χ1) is 9.11. The smallest absolute Gasteiger partial charge is 0.148 e. The molecular weight excluding hydrogens is 306 g/mol. The highest BCUT2D eigenvalue weighted by Crippen LogP contribution is 2.21. The molecule has 0 aliphatic rings. The summed E-state index contributed by atoms with van der Waals surface area (Å²) in [6, 6.07) is 8.07. The minimum atomic E-state index is 0.641. The van der Waals surface area contributed by atoms with Crippen molar-refractivity contribution in [3.8, 4) is 0 Å². The van der Waals surface area contributed by atoms with Crippen molar-refractivity contribution in [2.75, 3.05) is 10.7 Å². The number of benzene rings is 1. The van der Waals surface area contributed by atoms with E-state index in [2.05, 4.69) is 42.7 Å². The second kappa shape index (κ2) is 5.99. The average Bonchev–Trinajstić information content (AvgIpc) is 2.41. The molecule has 1 aromatic carbocycles. The average molecular weight is 322 g/mol. The molecular formula is C13H16BrN5. The lowest BCUT2D eigenvalue weighted by molar-refractivity contribution is 0.996. The Balaban J connectivity index is 2.20. The van der Waals surface area contributed by atoms with Gasteiger partial charge < -0.3 is 10.7 Å². The molecule has 100 valence electrons. The number of aromatic nitrogens is 2. The monoisotopic (exact) mass is 321 g/mol. The van der Waals surface area contributed by atoms with E-state index in [1.54, 1.807) is 0 Å². The van der Waals surface area contributed by atoms with Crippen molar-refractivity contribution in [1.29, 1.82) is 0 Å². The molecule has 5 nitrogen and oxygen atoms in total. The molecule has 1 aromatic heterocycles. The maximum Gasteiger partial charge on any atom is 0.148 e. The number of nitrogen functional groups attached to an aromatic ring is 1. The molecule has 0 spiro atoms. The second-order valence-electron chi connectivity index (χ2n) is 4.18. The van der Waals surface area contributed by atoms with E-state index >= 15 is 0 Å². The number of rotatable bonds is 4. The predicted molar refractivity (Wildman–Crippen MR) is 80.8 cm³/mol. The van der Waals surface area contributed by atoms with Crippen LogP contribution < -0.4 is 16.6 Å². The number of halogens is 1. The van der Waals surface area contributed by atoms with Crippen molar-refractivity contribution in [2.45, 2.75) is 20.4 Å². The van der Waals surface area contributed by atoms with Gasteiger partial charge in [0.05, 0.1) is 0 Å². The second-order valence-corrected chi connectivity index (χ2v) is 5.04. The van der Waals surface area contributed by atoms with E-state index in [-0.39, 0.29) is 0 Å². The summed E-state index contributed by atoms with van der Waals surface area (Å²) in [6.45, 7) is 4.45. The quantitative estimate of drug-likeness (QED) is 0.596. The van der Waals surface area contributed by atoms with Crippen molar-refractivity contribution in [2.24, 2.45) is 5.84 Å². The summed E-state index contributed by atoms with van der Waals surface area (Å²) in [5, 5.41) is 3.31. The van der Waals surface area contributed by atoms with Crippen LogP contribution in [0.2, 0.25) is 0 Å². The van der Waals surface area contributed by atoms with Crippen molar-refractivity contribution in [3.05, 3.63) is 45.7 Å². The minimum absolute atomic E-state index is 0.641. The molecule has 0 saturated carbocycles. The van der Waals surface area contributed by atoms with E-state index in [4.69, 9.17) is 5.84 Å². The summed E-state index contributed by atoms with van der Waals surface area (Å²) < 4.78 is 1.07. The van der Waals surface area contributed by atoms with Crippen molar-refractivity contribution in [3.63, 3.8) is 0 Å². The number of nitrogens with two attached hydrogens (primary N) is 1. The summed E-state index contributed by atoms with van der Waals surface area (Å²) in [6.07, 6.45) is 0. The molecule has 0 aliphatic heterocycles. The van der Waals surface area contributed by atoms with Gasteiger partial charge in [0.25, 0.3) is 0 Å². The Bertz CT molecular complexity index is 585. The number of hydrazine groups is 1. The van der Waals surface area contributed by atoms with Crippen LogP contribution in [0.5, 0.6) is 0 Å². The highest BCUT2D eigenvalue weighted by atomic mass is 79.9. The van der Waals surface area contributed by atoms with Crippen LogP contribution in [0.3, 0.4) is 0 Å². The van der Waals surface area contributed by atoms with Gasteiger partial charge in [-0.15, -0.1) is 0 Å². The maximum absolute atomic E-state index is 5.44. The molecule has 4 N–H and O–H groups in total. The van der Waals surface area contributed by atoms with Crippen molar-refractivity contribution >= 4 is 27.6 Å². The summed E-state index contributed by atoms with van der Waals surface area (Å²) >= 11 is 3.53. The molecule has 0 bridgehead atoms. The highest BCUT2D eigenvalue weighted by molar-refractivity contribution is 9.10. The number of nitrogens with one attached hydrogen (secondary N) is 2. The van der Waals surface area contributed by atoms with Crippen LogP contribution in [0.4, 0.5) is 11.6 Å². The van der Waals surface area contributed by atoms with Gasteiger partial charge in [0.15, 0.2) is 0 Å². The van der Waals surface area contributed by atoms with Gasteiger partial charge in [0, 0.05) is 16.6 Å². The number of hydrogen-bond donors (Lipinski definition) is 3. The first kappa shape index (κ1) is 13.8. The topological polar surface area (TPSA) is 75.9 Å². The Hall–Kier alpha value is -1.66. The molecule has 2 aromatic rings. The van der Waals surface area contributed by atoms with Gasteiger partial charge >= 0.3 is 0 Å². The van der Waals surface area contributed by atoms with E-state index in [1.807, 2.05) is 32.0 Å². The lowest BCUT2D eigenvalue weighted by atomic mass is 10.2. The molecule has 0 saturated heterocycles. The van der Waals surface area contributed by atoms with Crippen LogP contribution in [0, 0.1) is 13.8 Å². The zero-order valence-electron chi connectivity index (χ0n) is 10.9. The van der Waals surface area contributed by atoms with Crippen LogP contribution in [-0.4, -0.2) is 9.97 Å². The van der Waals surface area contributed by atoms with Crippen LogP contribution in [-0.2, 0) is 6.54 Å². The molecule has 0 aliphatic carbocycles. The molecule has 0 radical (unpaired) electrons. The van der Waals surface area contributed by atoms with Gasteiger partial charge in [-0.25, -0.2) is 15.8 Å². The zero-order chi connectivity index (χ0) is 13.8. The number of nitrogens with zero attached hydrogens (tertiary/aromatic N) is 2. The van der Waals surface area contributed by atoms with Gasteiger partial charge in [0.2, 0.25) is 0 Å². The van der Waals surface area contributed by atoms with Gasteiger partial charge in [0.1, 0.15) is 17.5 Å². The number of hydrogen-bond acceptors (Lipinski definition) is 5. The Morgan fingerprint density at radius 2 is 1.84 bits per heavy atom. The Morgan fingerprint density at radius 3 is 2.53 bits per heavy atom. The van der Waals surface area contributed by atoms with E-state index in [0.29, 0.717) is 18.2 Å². The zero-order valence-corrected chi connectivity index (χ0v) is 12.5. The Morgan fingerprint density at radius 1 is 1.16 bits per heavy atom. The molecule has 6 heteroatoms. The van der Waals surface area contributed by atoms with E-state index < -0.39 is 0 Å². The van der Waals surface area contributed by atoms with Crippen molar-refractivity contribution in [1.82, 2.24) is 9.97 Å². The first-order valence-electron chi connectivity index (χ1n) is 5.91. The lowest BCUT2D eigenvalue weighted by Crippen LogP contribution is -2.14. The van der Waals surface area contributed by atoms with Gasteiger partial charge in [-0.2, -0.15) is 0 Å². The van der Waals surface area contributed by atoms with Crippen LogP contribution >= 0.6 is 15.9 Å². The standard InChI is InChI=1S/C13H16BrN5/c1-8-12(17-9(2)18-13(8)19-15)16-7-10-5-3-4-6-11(10)14/h3-6H,7,15H2,1-2H3,(H2,16,17,18,19). The van der Waals surface area contributed by atoms with Crippen molar-refractivity contribution < 1.29 is 0 Å². The van der Waals surface area contributed by atoms with Gasteiger partial charge in [-0.1, -0.05) is 34.1 Å². The van der Waals surface area contributed by atoms with E-state index in [9.17, 15) is 0 Å². The third-order valence-corrected chi connectivity index (χ3v) is 3.57. The number of aryl methyl sites for hydroxylation is 1. The highest BCUT2D eigenvalue weighted by Gasteiger charge is 2.08. The fraction of sp³-hybridized carbons (Fsp3) is 0.231. The van der Waals surface area contributed by atoms with Crippen LogP contribution in [0.1, 0.15) is 17.0 Å². The van der Waals surface area contributed by atoms with E-state index in [1.165, 1.54) is 5.56 Å². The van der Waals surface area contributed by atoms with Gasteiger partial charge in [-0.05, 0) is 25.5 Å². The number of anilines is 2. The largest absolute Gasteiger partial charge is 0.366 e. The Labute approximate surface area is 120 Å². The molecule has 1 heterocycles. The Kier molecular flexibility index (Phi) is 4.34. The SMILES string of the molecule is Cc1nc(NN)c(C)c(NCc2ccccc2Br)n1. The predicted octanol–water partition coefficient (Wildman–Crippen LogP) is 2.75. The van der Waals surface area contributed by atoms with Crippen LogP contribution in [0.25, 0.3) is 0 Å². The first-order valence-corrected chi connectivity index (χ1v) is 6.70. The molecule has 0 unspecified atom stereocenters. The molecule has 0 atom stereocenters. The minimum Gasteiger partial charge on any atom is -0.366 e. The fourth-order valence-corrected chi connectivity index (χ4v) is 2.19.